The number of amides is 1. The molecule has 0 rings (SSSR count). The number of allylic oxidation sites excluding steroid dienone is 27. The highest BCUT2D eigenvalue weighted by atomic mass is 31.2. The van der Waals surface area contributed by atoms with E-state index in [1.54, 1.807) is 6.08 Å². The fourth-order valence-electron chi connectivity index (χ4n) is 6.73. The van der Waals surface area contributed by atoms with Crippen LogP contribution < -0.4 is 5.32 Å². The number of hydrogen-bond acceptors (Lipinski definition) is 5. The van der Waals surface area contributed by atoms with Crippen molar-refractivity contribution in [3.05, 3.63) is 170 Å². The molecule has 0 aliphatic heterocycles. The van der Waals surface area contributed by atoms with Gasteiger partial charge < -0.3 is 19.8 Å². The van der Waals surface area contributed by atoms with Crippen LogP contribution in [-0.2, 0) is 18.4 Å². The average Bonchev–Trinajstić information content (AvgIpc) is 3.34. The zero-order valence-electron chi connectivity index (χ0n) is 45.8. The lowest BCUT2D eigenvalue weighted by atomic mass is 10.1. The number of aliphatic hydroxyl groups excluding tert-OH is 1. The highest BCUT2D eigenvalue weighted by Crippen LogP contribution is 2.43. The summed E-state index contributed by atoms with van der Waals surface area (Å²) in [5.74, 6) is -0.215. The number of nitrogens with zero attached hydrogens (tertiary/aromatic N) is 1. The van der Waals surface area contributed by atoms with Gasteiger partial charge in [-0.3, -0.25) is 13.8 Å². The summed E-state index contributed by atoms with van der Waals surface area (Å²) in [5.41, 5.74) is 0. The number of phosphoric ester groups is 1. The summed E-state index contributed by atoms with van der Waals surface area (Å²) in [5, 5.41) is 13.7. The molecule has 9 heteroatoms. The van der Waals surface area contributed by atoms with Gasteiger partial charge in [0.1, 0.15) is 13.2 Å². The van der Waals surface area contributed by atoms with E-state index in [0.717, 1.165) is 128 Å². The number of aliphatic hydroxyl groups is 1. The van der Waals surface area contributed by atoms with E-state index in [9.17, 15) is 19.4 Å². The molecule has 0 saturated heterocycles. The standard InChI is InChI=1S/C63H101N2O6P/c1-6-8-10-12-14-16-17-18-19-20-21-22-23-24-25-26-27-28-29-30-31-32-33-34-35-36-37-38-39-40-41-42-43-44-45-46-47-49-51-53-55-57-63(67)64-61(60-71-72(68,69)70-59-58-65(3,4)5)62(66)56-54-52-50-48-15-13-11-9-7-2/h7-10,14-16,18-19,21-22,24-25,27-28,30-31,33-34,36-37,39-40,42-43,48,54,56,61-62,66H,6,11-13,17,20,23,26,29,32,35,38,41,44-47,49-53,55,57-60H2,1-5H3,(H-,64,67,68,69)/p+1/b9-7+,10-8-,16-14-,19-18-,22-21-,25-24-,28-27-,31-30-,34-33-,37-36-,40-39-,43-42-,48-15+,56-54+. The van der Waals surface area contributed by atoms with E-state index in [0.29, 0.717) is 17.4 Å². The smallest absolute Gasteiger partial charge is 0.387 e. The van der Waals surface area contributed by atoms with Crippen LogP contribution in [0.2, 0.25) is 0 Å². The van der Waals surface area contributed by atoms with Crippen LogP contribution in [0.5, 0.6) is 0 Å². The summed E-state index contributed by atoms with van der Waals surface area (Å²) in [6.45, 7) is 4.38. The molecule has 0 aliphatic carbocycles. The predicted molar refractivity (Wildman–Crippen MR) is 313 cm³/mol. The summed E-state index contributed by atoms with van der Waals surface area (Å²) >= 11 is 0. The van der Waals surface area contributed by atoms with Gasteiger partial charge in [-0.15, -0.1) is 0 Å². The first-order valence-corrected chi connectivity index (χ1v) is 29.0. The van der Waals surface area contributed by atoms with Crippen LogP contribution in [0, 0.1) is 0 Å². The Kier molecular flexibility index (Phi) is 48.8. The number of likely N-dealkylation sites (N-methyl/N-ethyl adjacent to an activating group) is 1. The molecule has 0 aromatic carbocycles. The quantitative estimate of drug-likeness (QED) is 0.0243. The van der Waals surface area contributed by atoms with Crippen LogP contribution in [0.25, 0.3) is 0 Å². The number of carbonyl (C=O) groups excluding carboxylic acids is 1. The predicted octanol–water partition coefficient (Wildman–Crippen LogP) is 16.9. The lowest BCUT2D eigenvalue weighted by molar-refractivity contribution is -0.870. The number of unbranched alkanes of at least 4 members (excludes halogenated alkanes) is 9. The van der Waals surface area contributed by atoms with Crippen molar-refractivity contribution in [1.29, 1.82) is 0 Å². The molecule has 3 unspecified atom stereocenters. The second kappa shape index (κ2) is 51.7. The summed E-state index contributed by atoms with van der Waals surface area (Å²) in [6, 6.07) is -0.886. The van der Waals surface area contributed by atoms with Gasteiger partial charge in [-0.25, -0.2) is 4.57 Å². The number of phosphoric acid groups is 1. The topological polar surface area (TPSA) is 105 Å². The van der Waals surface area contributed by atoms with Crippen LogP contribution in [-0.4, -0.2) is 73.4 Å². The summed E-state index contributed by atoms with van der Waals surface area (Å²) < 4.78 is 23.5. The average molecular weight is 1010 g/mol. The third kappa shape index (κ3) is 53.7. The molecule has 0 heterocycles. The van der Waals surface area contributed by atoms with Gasteiger partial charge in [0.05, 0.1) is 39.9 Å². The highest BCUT2D eigenvalue weighted by Gasteiger charge is 2.27. The van der Waals surface area contributed by atoms with Crippen LogP contribution in [0.1, 0.15) is 168 Å². The second-order valence-electron chi connectivity index (χ2n) is 18.9. The Bertz CT molecular complexity index is 1770. The fraction of sp³-hybridized carbons (Fsp3) is 0.540. The lowest BCUT2D eigenvalue weighted by Gasteiger charge is -2.25. The largest absolute Gasteiger partial charge is 0.472 e. The van der Waals surface area contributed by atoms with Gasteiger partial charge in [0, 0.05) is 6.42 Å². The van der Waals surface area contributed by atoms with Gasteiger partial charge in [-0.1, -0.05) is 209 Å². The summed E-state index contributed by atoms with van der Waals surface area (Å²) in [6.07, 6.45) is 83.5. The van der Waals surface area contributed by atoms with Gasteiger partial charge in [0.2, 0.25) is 5.91 Å². The number of hydrogen-bond donors (Lipinski definition) is 3. The molecule has 72 heavy (non-hydrogen) atoms. The summed E-state index contributed by atoms with van der Waals surface area (Å²) in [7, 11) is 1.51. The Morgan fingerprint density at radius 1 is 0.500 bits per heavy atom. The molecule has 0 spiro atoms. The number of carbonyl (C=O) groups is 1. The third-order valence-electron chi connectivity index (χ3n) is 11.0. The molecule has 0 saturated carbocycles. The molecule has 0 bridgehead atoms. The Morgan fingerprint density at radius 3 is 1.28 bits per heavy atom. The zero-order chi connectivity index (χ0) is 52.7. The Balaban J connectivity index is 4.10. The number of quaternary nitrogens is 1. The molecule has 3 N–H and O–H groups in total. The van der Waals surface area contributed by atoms with E-state index in [2.05, 4.69) is 164 Å². The van der Waals surface area contributed by atoms with Crippen molar-refractivity contribution in [2.24, 2.45) is 0 Å². The summed E-state index contributed by atoms with van der Waals surface area (Å²) in [4.78, 5) is 23.1. The molecule has 3 atom stereocenters. The first-order valence-electron chi connectivity index (χ1n) is 27.5. The zero-order valence-corrected chi connectivity index (χ0v) is 46.7. The van der Waals surface area contributed by atoms with Crippen LogP contribution in [0.3, 0.4) is 0 Å². The minimum atomic E-state index is -4.36. The molecule has 404 valence electrons. The van der Waals surface area contributed by atoms with Crippen LogP contribution in [0.4, 0.5) is 0 Å². The van der Waals surface area contributed by atoms with Crippen molar-refractivity contribution in [3.8, 4) is 0 Å². The Labute approximate surface area is 441 Å². The maximum absolute atomic E-state index is 12.9. The van der Waals surface area contributed by atoms with Crippen LogP contribution in [0.15, 0.2) is 170 Å². The number of rotatable bonds is 47. The maximum atomic E-state index is 12.9. The van der Waals surface area contributed by atoms with E-state index in [1.165, 1.54) is 19.3 Å². The normalized spacial score (nSPS) is 15.3. The minimum absolute atomic E-state index is 0.0415. The van der Waals surface area contributed by atoms with Gasteiger partial charge in [0.15, 0.2) is 0 Å². The van der Waals surface area contributed by atoms with E-state index in [4.69, 9.17) is 9.05 Å². The molecule has 0 radical (unpaired) electrons. The lowest BCUT2D eigenvalue weighted by Crippen LogP contribution is -2.45. The van der Waals surface area contributed by atoms with E-state index >= 15 is 0 Å². The molecule has 0 aromatic heterocycles. The second-order valence-corrected chi connectivity index (χ2v) is 20.3. The van der Waals surface area contributed by atoms with Crippen molar-refractivity contribution >= 4 is 13.7 Å². The monoisotopic (exact) mass is 1010 g/mol. The van der Waals surface area contributed by atoms with Gasteiger partial charge in [0.25, 0.3) is 0 Å². The van der Waals surface area contributed by atoms with Crippen LogP contribution >= 0.6 is 7.82 Å². The van der Waals surface area contributed by atoms with Crippen molar-refractivity contribution in [1.82, 2.24) is 5.32 Å². The molecule has 8 nitrogen and oxygen atoms in total. The SMILES string of the molecule is C/C=C/CC/C=C/CC/C=C/C(O)C(COP(=O)(O)OCC[N+](C)(C)C)NC(=O)CCCCCCCCC/C=C\C/C=C\C/C=C\C/C=C\C/C=C\C/C=C\C/C=C\C/C=C\C/C=C\C/C=C\C/C=C\CC. The number of nitrogens with one attached hydrogen (secondary N) is 1. The Hall–Kier alpha value is -4.14. The molecule has 0 aromatic rings. The van der Waals surface area contributed by atoms with Gasteiger partial charge >= 0.3 is 7.82 Å². The van der Waals surface area contributed by atoms with E-state index in [1.807, 2.05) is 40.2 Å². The highest BCUT2D eigenvalue weighted by molar-refractivity contribution is 7.47. The van der Waals surface area contributed by atoms with E-state index < -0.39 is 20.0 Å². The van der Waals surface area contributed by atoms with Crippen molar-refractivity contribution in [2.75, 3.05) is 40.9 Å². The first-order chi connectivity index (χ1) is 35.0. The first kappa shape index (κ1) is 67.9. The fourth-order valence-corrected chi connectivity index (χ4v) is 7.47. The molecule has 1 amide bonds. The van der Waals surface area contributed by atoms with Crippen molar-refractivity contribution in [3.63, 3.8) is 0 Å². The van der Waals surface area contributed by atoms with Gasteiger partial charge in [-0.05, 0) is 122 Å². The van der Waals surface area contributed by atoms with Crippen molar-refractivity contribution < 1.29 is 32.9 Å². The van der Waals surface area contributed by atoms with E-state index in [-0.39, 0.29) is 19.1 Å². The molecular weight excluding hydrogens is 912 g/mol. The molecule has 0 aliphatic rings. The molecular formula is C63H102N2O6P+. The Morgan fingerprint density at radius 2 is 0.861 bits per heavy atom. The molecule has 0 fully saturated rings. The van der Waals surface area contributed by atoms with Crippen molar-refractivity contribution in [2.45, 2.75) is 180 Å². The van der Waals surface area contributed by atoms with Gasteiger partial charge in [-0.2, -0.15) is 0 Å². The third-order valence-corrected chi connectivity index (χ3v) is 12.0. The minimum Gasteiger partial charge on any atom is -0.387 e. The maximum Gasteiger partial charge on any atom is 0.472 e.